The van der Waals surface area contributed by atoms with Crippen LogP contribution in [0.1, 0.15) is 37.8 Å². The molecule has 0 saturated heterocycles. The molecular weight excluding hydrogens is 436 g/mol. The van der Waals surface area contributed by atoms with Crippen molar-refractivity contribution in [2.24, 2.45) is 0 Å². The number of nitrogens with zero attached hydrogens (tertiary/aromatic N) is 3. The number of carboxylic acid groups (broad SMARTS) is 1. The molecule has 4 rings (SSSR count). The number of rotatable bonds is 8. The van der Waals surface area contributed by atoms with Gasteiger partial charge in [0.05, 0.1) is 11.8 Å². The molecule has 8 heteroatoms. The van der Waals surface area contributed by atoms with Gasteiger partial charge in [-0.15, -0.1) is 10.2 Å². The molecule has 0 fully saturated rings. The SMILES string of the molecule is CC(C)Oc1ccc(-c2nnc(-c3ccc4c(c3)CCN(CCCC(=O)O)CC4)s2)cc1N. The van der Waals surface area contributed by atoms with Gasteiger partial charge in [0.15, 0.2) is 0 Å². The Morgan fingerprint density at radius 3 is 2.42 bits per heavy atom. The number of nitrogen functional groups attached to an aromatic ring is 1. The van der Waals surface area contributed by atoms with Crippen LogP contribution in [-0.2, 0) is 17.6 Å². The maximum Gasteiger partial charge on any atom is 0.303 e. The molecule has 0 atom stereocenters. The highest BCUT2D eigenvalue weighted by molar-refractivity contribution is 7.17. The van der Waals surface area contributed by atoms with E-state index < -0.39 is 5.97 Å². The van der Waals surface area contributed by atoms with Crippen molar-refractivity contribution in [2.75, 3.05) is 25.4 Å². The van der Waals surface area contributed by atoms with Gasteiger partial charge in [0.1, 0.15) is 15.8 Å². The van der Waals surface area contributed by atoms with Crippen LogP contribution in [0.3, 0.4) is 0 Å². The van der Waals surface area contributed by atoms with Crippen molar-refractivity contribution in [2.45, 2.75) is 45.6 Å². The van der Waals surface area contributed by atoms with Crippen LogP contribution in [0.2, 0.25) is 0 Å². The second-order valence-electron chi connectivity index (χ2n) is 8.65. The van der Waals surface area contributed by atoms with Gasteiger partial charge in [-0.25, -0.2) is 0 Å². The standard InChI is InChI=1S/C25H30N4O3S/c1-16(2)32-22-8-7-20(15-21(22)26)25-28-27-24(33-25)19-6-5-17-9-12-29(11-3-4-23(30)31)13-10-18(17)14-19/h5-8,14-16H,3-4,9-13,26H2,1-2H3,(H,30,31). The molecule has 1 aromatic heterocycles. The van der Waals surface area contributed by atoms with Crippen molar-refractivity contribution in [1.82, 2.24) is 15.1 Å². The number of benzene rings is 2. The predicted octanol–water partition coefficient (Wildman–Crippen LogP) is 4.51. The average molecular weight is 467 g/mol. The third kappa shape index (κ3) is 5.89. The first kappa shape index (κ1) is 23.2. The van der Waals surface area contributed by atoms with E-state index in [-0.39, 0.29) is 12.5 Å². The number of anilines is 1. The molecule has 33 heavy (non-hydrogen) atoms. The van der Waals surface area contributed by atoms with Gasteiger partial charge >= 0.3 is 5.97 Å². The van der Waals surface area contributed by atoms with E-state index in [1.165, 1.54) is 11.1 Å². The van der Waals surface area contributed by atoms with Crippen LogP contribution in [0.15, 0.2) is 36.4 Å². The Kier molecular flexibility index (Phi) is 7.25. The van der Waals surface area contributed by atoms with Gasteiger partial charge in [-0.05, 0) is 75.0 Å². The fourth-order valence-corrected chi connectivity index (χ4v) is 4.92. The monoisotopic (exact) mass is 466 g/mol. The minimum absolute atomic E-state index is 0.0660. The summed E-state index contributed by atoms with van der Waals surface area (Å²) < 4.78 is 5.73. The maximum absolute atomic E-state index is 10.8. The summed E-state index contributed by atoms with van der Waals surface area (Å²) in [5, 5.41) is 19.4. The van der Waals surface area contributed by atoms with Crippen molar-refractivity contribution < 1.29 is 14.6 Å². The number of aromatic nitrogens is 2. The Morgan fingerprint density at radius 1 is 1.09 bits per heavy atom. The maximum atomic E-state index is 10.8. The molecule has 0 aliphatic carbocycles. The lowest BCUT2D eigenvalue weighted by Gasteiger charge is -2.18. The molecule has 1 aliphatic heterocycles. The number of aliphatic carboxylic acids is 1. The van der Waals surface area contributed by atoms with E-state index in [0.29, 0.717) is 17.9 Å². The van der Waals surface area contributed by atoms with Gasteiger partial charge in [-0.1, -0.05) is 23.5 Å². The second kappa shape index (κ2) is 10.3. The quantitative estimate of drug-likeness (QED) is 0.471. The van der Waals surface area contributed by atoms with Crippen molar-refractivity contribution in [3.8, 4) is 26.9 Å². The van der Waals surface area contributed by atoms with Gasteiger partial charge in [0, 0.05) is 30.6 Å². The molecule has 1 aliphatic rings. The Hall–Kier alpha value is -2.97. The molecule has 0 radical (unpaired) electrons. The molecule has 0 amide bonds. The number of carboxylic acids is 1. The summed E-state index contributed by atoms with van der Waals surface area (Å²) in [5.74, 6) is -0.0436. The lowest BCUT2D eigenvalue weighted by Crippen LogP contribution is -2.27. The lowest BCUT2D eigenvalue weighted by atomic mass is 10.0. The van der Waals surface area contributed by atoms with E-state index in [9.17, 15) is 4.79 Å². The number of carbonyl (C=O) groups is 1. The van der Waals surface area contributed by atoms with E-state index >= 15 is 0 Å². The average Bonchev–Trinajstić information content (AvgIpc) is 3.18. The Morgan fingerprint density at radius 2 is 1.76 bits per heavy atom. The van der Waals surface area contributed by atoms with E-state index in [1.54, 1.807) is 11.3 Å². The van der Waals surface area contributed by atoms with E-state index in [2.05, 4.69) is 33.3 Å². The van der Waals surface area contributed by atoms with Crippen molar-refractivity contribution >= 4 is 23.0 Å². The van der Waals surface area contributed by atoms with Crippen LogP contribution in [0.5, 0.6) is 5.75 Å². The third-order valence-corrected chi connectivity index (χ3v) is 6.78. The molecule has 3 N–H and O–H groups in total. The summed E-state index contributed by atoms with van der Waals surface area (Å²) in [4.78, 5) is 13.1. The molecule has 0 bridgehead atoms. The fraction of sp³-hybridized carbons (Fsp3) is 0.400. The molecule has 2 aromatic carbocycles. The summed E-state index contributed by atoms with van der Waals surface area (Å²) >= 11 is 1.55. The highest BCUT2D eigenvalue weighted by Gasteiger charge is 2.17. The second-order valence-corrected chi connectivity index (χ2v) is 9.63. The highest BCUT2D eigenvalue weighted by Crippen LogP contribution is 2.34. The van der Waals surface area contributed by atoms with Crippen LogP contribution in [0, 0.1) is 0 Å². The topological polar surface area (TPSA) is 102 Å². The summed E-state index contributed by atoms with van der Waals surface area (Å²) in [6.07, 6.45) is 2.92. The fourth-order valence-electron chi connectivity index (χ4n) is 4.08. The predicted molar refractivity (Wildman–Crippen MR) is 132 cm³/mol. The van der Waals surface area contributed by atoms with Crippen molar-refractivity contribution in [3.05, 3.63) is 47.5 Å². The zero-order valence-electron chi connectivity index (χ0n) is 19.1. The van der Waals surface area contributed by atoms with E-state index in [1.807, 2.05) is 32.0 Å². The first-order valence-electron chi connectivity index (χ1n) is 11.4. The largest absolute Gasteiger partial charge is 0.489 e. The number of fused-ring (bicyclic) bond motifs is 1. The normalized spacial score (nSPS) is 14.2. The van der Waals surface area contributed by atoms with Gasteiger partial charge in [0.25, 0.3) is 0 Å². The van der Waals surface area contributed by atoms with Crippen LogP contribution in [-0.4, -0.2) is 51.9 Å². The minimum atomic E-state index is -0.725. The molecule has 0 saturated carbocycles. The molecular formula is C25H30N4O3S. The molecule has 174 valence electrons. The van der Waals surface area contributed by atoms with Crippen LogP contribution in [0.4, 0.5) is 5.69 Å². The highest BCUT2D eigenvalue weighted by atomic mass is 32.1. The van der Waals surface area contributed by atoms with E-state index in [4.69, 9.17) is 15.6 Å². The first-order chi connectivity index (χ1) is 15.9. The van der Waals surface area contributed by atoms with Crippen LogP contribution < -0.4 is 10.5 Å². The van der Waals surface area contributed by atoms with Crippen molar-refractivity contribution in [1.29, 1.82) is 0 Å². The van der Waals surface area contributed by atoms with Gasteiger partial charge in [-0.3, -0.25) is 4.79 Å². The number of nitrogens with two attached hydrogens (primary N) is 1. The molecule has 0 unspecified atom stereocenters. The van der Waals surface area contributed by atoms with Crippen LogP contribution >= 0.6 is 11.3 Å². The van der Waals surface area contributed by atoms with E-state index in [0.717, 1.165) is 53.6 Å². The summed E-state index contributed by atoms with van der Waals surface area (Å²) in [6, 6.07) is 12.3. The van der Waals surface area contributed by atoms with Gasteiger partial charge < -0.3 is 20.5 Å². The Labute approximate surface area is 198 Å². The third-order valence-electron chi connectivity index (χ3n) is 5.76. The van der Waals surface area contributed by atoms with Gasteiger partial charge in [0.2, 0.25) is 0 Å². The molecule has 3 aromatic rings. The first-order valence-corrected chi connectivity index (χ1v) is 12.2. The number of ether oxygens (including phenoxy) is 1. The zero-order chi connectivity index (χ0) is 23.4. The number of hydrogen-bond donors (Lipinski definition) is 2. The molecule has 7 nitrogen and oxygen atoms in total. The van der Waals surface area contributed by atoms with Crippen molar-refractivity contribution in [3.63, 3.8) is 0 Å². The molecule has 0 spiro atoms. The van der Waals surface area contributed by atoms with Gasteiger partial charge in [-0.2, -0.15) is 0 Å². The smallest absolute Gasteiger partial charge is 0.303 e. The number of hydrogen-bond acceptors (Lipinski definition) is 7. The zero-order valence-corrected chi connectivity index (χ0v) is 19.9. The molecule has 2 heterocycles. The summed E-state index contributed by atoms with van der Waals surface area (Å²) in [7, 11) is 0. The lowest BCUT2D eigenvalue weighted by molar-refractivity contribution is -0.137. The Balaban J connectivity index is 1.46. The Bertz CT molecular complexity index is 1130. The van der Waals surface area contributed by atoms with Crippen LogP contribution in [0.25, 0.3) is 21.1 Å². The summed E-state index contributed by atoms with van der Waals surface area (Å²) in [6.45, 7) is 6.69. The summed E-state index contributed by atoms with van der Waals surface area (Å²) in [5.41, 5.74) is 11.5. The minimum Gasteiger partial charge on any atom is -0.489 e.